The van der Waals surface area contributed by atoms with Crippen molar-refractivity contribution in [3.8, 4) is 11.5 Å². The number of rotatable bonds is 7. The number of anilines is 1. The zero-order valence-corrected chi connectivity index (χ0v) is 15.8. The third-order valence-corrected chi connectivity index (χ3v) is 5.00. The molecule has 2 aromatic carbocycles. The molecular weight excluding hydrogens is 360 g/mol. The predicted octanol–water partition coefficient (Wildman–Crippen LogP) is 4.67. The van der Waals surface area contributed by atoms with Crippen LogP contribution in [0.2, 0.25) is 0 Å². The number of carbonyl (C=O) groups excluding carboxylic acids is 1. The fourth-order valence-electron chi connectivity index (χ4n) is 3.50. The molecule has 0 bridgehead atoms. The van der Waals surface area contributed by atoms with Gasteiger partial charge >= 0.3 is 0 Å². The molecule has 1 amide bonds. The molecule has 0 unspecified atom stereocenters. The number of hydrogen-bond acceptors (Lipinski definition) is 5. The third kappa shape index (κ3) is 5.00. The van der Waals surface area contributed by atoms with Crippen LogP contribution in [0.5, 0.6) is 11.5 Å². The molecule has 148 valence electrons. The van der Waals surface area contributed by atoms with Gasteiger partial charge in [-0.3, -0.25) is 14.9 Å². The summed E-state index contributed by atoms with van der Waals surface area (Å²) in [6, 6.07) is 11.9. The fourth-order valence-corrected chi connectivity index (χ4v) is 3.50. The summed E-state index contributed by atoms with van der Waals surface area (Å²) in [4.78, 5) is 22.5. The predicted molar refractivity (Wildman–Crippen MR) is 106 cm³/mol. The lowest BCUT2D eigenvalue weighted by atomic mass is 9.84. The molecule has 0 aromatic heterocycles. The molecule has 28 heavy (non-hydrogen) atoms. The van der Waals surface area contributed by atoms with Gasteiger partial charge in [-0.2, -0.15) is 0 Å². The molecule has 1 aliphatic rings. The van der Waals surface area contributed by atoms with E-state index in [9.17, 15) is 14.9 Å². The average Bonchev–Trinajstić information content (AvgIpc) is 2.73. The van der Waals surface area contributed by atoms with E-state index in [1.807, 2.05) is 12.1 Å². The summed E-state index contributed by atoms with van der Waals surface area (Å²) in [5.74, 6) is 1.11. The summed E-state index contributed by atoms with van der Waals surface area (Å²) >= 11 is 0. The summed E-state index contributed by atoms with van der Waals surface area (Å²) in [5, 5.41) is 13.5. The molecule has 2 aromatic rings. The molecule has 0 atom stereocenters. The van der Waals surface area contributed by atoms with E-state index in [2.05, 4.69) is 17.4 Å². The monoisotopic (exact) mass is 384 g/mol. The van der Waals surface area contributed by atoms with Gasteiger partial charge in [0.1, 0.15) is 11.5 Å². The molecule has 0 spiro atoms. The molecule has 0 aliphatic heterocycles. The van der Waals surface area contributed by atoms with Gasteiger partial charge in [0.15, 0.2) is 6.61 Å². The highest BCUT2D eigenvalue weighted by Gasteiger charge is 2.16. The Kier molecular flexibility index (Phi) is 6.47. The van der Waals surface area contributed by atoms with Crippen molar-refractivity contribution in [3.63, 3.8) is 0 Å². The Morgan fingerprint density at radius 3 is 2.50 bits per heavy atom. The van der Waals surface area contributed by atoms with Gasteiger partial charge in [-0.05, 0) is 42.5 Å². The van der Waals surface area contributed by atoms with Crippen LogP contribution in [-0.2, 0) is 4.79 Å². The highest BCUT2D eigenvalue weighted by atomic mass is 16.6. The van der Waals surface area contributed by atoms with E-state index in [4.69, 9.17) is 9.47 Å². The Hall–Kier alpha value is -3.09. The Morgan fingerprint density at radius 1 is 1.14 bits per heavy atom. The lowest BCUT2D eigenvalue weighted by Gasteiger charge is -2.22. The Bertz CT molecular complexity index is 829. The highest BCUT2D eigenvalue weighted by molar-refractivity contribution is 5.93. The minimum atomic E-state index is -0.520. The van der Waals surface area contributed by atoms with E-state index >= 15 is 0 Å². The maximum absolute atomic E-state index is 12.2. The van der Waals surface area contributed by atoms with Crippen molar-refractivity contribution in [2.45, 2.75) is 38.0 Å². The molecule has 3 rings (SSSR count). The Labute approximate surface area is 163 Å². The summed E-state index contributed by atoms with van der Waals surface area (Å²) in [6.45, 7) is -0.164. The largest absolute Gasteiger partial charge is 0.494 e. The molecule has 7 heteroatoms. The second kappa shape index (κ2) is 9.21. The number of hydrogen-bond donors (Lipinski definition) is 1. The first kappa shape index (κ1) is 19.7. The van der Waals surface area contributed by atoms with E-state index in [1.165, 1.54) is 63.0 Å². The third-order valence-electron chi connectivity index (χ3n) is 5.00. The average molecular weight is 384 g/mol. The van der Waals surface area contributed by atoms with E-state index in [0.717, 1.165) is 0 Å². The number of nitrogens with zero attached hydrogens (tertiary/aromatic N) is 1. The summed E-state index contributed by atoms with van der Waals surface area (Å²) < 4.78 is 10.7. The second-order valence-electron chi connectivity index (χ2n) is 6.88. The smallest absolute Gasteiger partial charge is 0.273 e. The minimum Gasteiger partial charge on any atom is -0.494 e. The van der Waals surface area contributed by atoms with E-state index in [0.29, 0.717) is 17.4 Å². The number of nitrogens with one attached hydrogen (secondary N) is 1. The SMILES string of the molecule is COc1cc([N+](=O)[O-])ccc1NC(=O)COc1ccc(C2CCCCC2)cc1. The Morgan fingerprint density at radius 2 is 1.86 bits per heavy atom. The number of nitro benzene ring substituents is 1. The maximum atomic E-state index is 12.2. The van der Waals surface area contributed by atoms with Crippen LogP contribution in [-0.4, -0.2) is 24.5 Å². The van der Waals surface area contributed by atoms with Crippen LogP contribution in [0.15, 0.2) is 42.5 Å². The lowest BCUT2D eigenvalue weighted by Crippen LogP contribution is -2.20. The van der Waals surface area contributed by atoms with Gasteiger partial charge in [0, 0.05) is 6.07 Å². The first-order chi connectivity index (χ1) is 13.6. The van der Waals surface area contributed by atoms with Crippen LogP contribution in [0.25, 0.3) is 0 Å². The van der Waals surface area contributed by atoms with E-state index in [-0.39, 0.29) is 24.0 Å². The van der Waals surface area contributed by atoms with Gasteiger partial charge in [-0.25, -0.2) is 0 Å². The fraction of sp³-hybridized carbons (Fsp3) is 0.381. The van der Waals surface area contributed by atoms with Crippen LogP contribution in [0.1, 0.15) is 43.6 Å². The zero-order valence-electron chi connectivity index (χ0n) is 15.8. The molecule has 7 nitrogen and oxygen atoms in total. The van der Waals surface area contributed by atoms with Crippen LogP contribution in [0.4, 0.5) is 11.4 Å². The number of methoxy groups -OCH3 is 1. The molecule has 0 saturated heterocycles. The number of non-ortho nitro benzene ring substituents is 1. The first-order valence-corrected chi connectivity index (χ1v) is 9.42. The van der Waals surface area contributed by atoms with Gasteiger partial charge in [-0.1, -0.05) is 31.4 Å². The lowest BCUT2D eigenvalue weighted by molar-refractivity contribution is -0.384. The summed E-state index contributed by atoms with van der Waals surface area (Å²) in [6.07, 6.45) is 6.37. The van der Waals surface area contributed by atoms with E-state index < -0.39 is 4.92 Å². The molecular formula is C21H24N2O5. The van der Waals surface area contributed by atoms with Gasteiger partial charge in [0.2, 0.25) is 0 Å². The Balaban J connectivity index is 1.55. The van der Waals surface area contributed by atoms with Crippen LogP contribution in [0.3, 0.4) is 0 Å². The highest BCUT2D eigenvalue weighted by Crippen LogP contribution is 2.33. The van der Waals surface area contributed by atoms with Gasteiger partial charge in [-0.15, -0.1) is 0 Å². The van der Waals surface area contributed by atoms with Gasteiger partial charge in [0.05, 0.1) is 23.8 Å². The van der Waals surface area contributed by atoms with Crippen molar-refractivity contribution in [2.24, 2.45) is 0 Å². The number of amides is 1. The summed E-state index contributed by atoms with van der Waals surface area (Å²) in [5.41, 5.74) is 1.57. The molecule has 0 radical (unpaired) electrons. The summed E-state index contributed by atoms with van der Waals surface area (Å²) in [7, 11) is 1.39. The number of nitro groups is 1. The topological polar surface area (TPSA) is 90.7 Å². The quantitative estimate of drug-likeness (QED) is 0.553. The van der Waals surface area contributed by atoms with Crippen molar-refractivity contribution >= 4 is 17.3 Å². The number of carbonyl (C=O) groups is 1. The number of benzene rings is 2. The molecule has 1 N–H and O–H groups in total. The van der Waals surface area contributed by atoms with Crippen molar-refractivity contribution in [1.82, 2.24) is 0 Å². The van der Waals surface area contributed by atoms with Crippen LogP contribution < -0.4 is 14.8 Å². The minimum absolute atomic E-state index is 0.107. The first-order valence-electron chi connectivity index (χ1n) is 9.42. The number of ether oxygens (including phenoxy) is 2. The standard InChI is InChI=1S/C21H24N2O5/c1-27-20-13-17(23(25)26)9-12-19(20)22-21(24)14-28-18-10-7-16(8-11-18)15-5-3-2-4-6-15/h7-13,15H,2-6,14H2,1H3,(H,22,24). The van der Waals surface area contributed by atoms with Crippen LogP contribution in [0, 0.1) is 10.1 Å². The van der Waals surface area contributed by atoms with Crippen molar-refractivity contribution in [3.05, 3.63) is 58.1 Å². The molecule has 1 fully saturated rings. The normalized spacial score (nSPS) is 14.3. The molecule has 1 saturated carbocycles. The van der Waals surface area contributed by atoms with Crippen LogP contribution >= 0.6 is 0 Å². The van der Waals surface area contributed by atoms with Crippen molar-refractivity contribution < 1.29 is 19.2 Å². The maximum Gasteiger partial charge on any atom is 0.273 e. The van der Waals surface area contributed by atoms with Gasteiger partial charge in [0.25, 0.3) is 11.6 Å². The zero-order chi connectivity index (χ0) is 19.9. The second-order valence-corrected chi connectivity index (χ2v) is 6.88. The van der Waals surface area contributed by atoms with Crippen molar-refractivity contribution in [1.29, 1.82) is 0 Å². The molecule has 1 aliphatic carbocycles. The van der Waals surface area contributed by atoms with Gasteiger partial charge < -0.3 is 14.8 Å². The van der Waals surface area contributed by atoms with E-state index in [1.54, 1.807) is 0 Å². The molecule has 0 heterocycles. The van der Waals surface area contributed by atoms with Crippen molar-refractivity contribution in [2.75, 3.05) is 19.0 Å².